The summed E-state index contributed by atoms with van der Waals surface area (Å²) < 4.78 is 6.93. The van der Waals surface area contributed by atoms with E-state index >= 15 is 0 Å². The molecule has 4 nitrogen and oxygen atoms in total. The van der Waals surface area contributed by atoms with Crippen molar-refractivity contribution >= 4 is 17.5 Å². The average Bonchev–Trinajstić information content (AvgIpc) is 2.71. The van der Waals surface area contributed by atoms with Crippen molar-refractivity contribution in [3.63, 3.8) is 0 Å². The van der Waals surface area contributed by atoms with E-state index < -0.39 is 0 Å². The second-order valence-electron chi connectivity index (χ2n) is 9.31. The van der Waals surface area contributed by atoms with Crippen molar-refractivity contribution in [2.24, 2.45) is 0 Å². The molecule has 0 aliphatic carbocycles. The highest BCUT2D eigenvalue weighted by molar-refractivity contribution is 6.07. The molecule has 0 amide bonds. The fraction of sp³-hybridized carbons (Fsp3) is 0.250. The lowest BCUT2D eigenvalue weighted by Gasteiger charge is -2.24. The monoisotopic (exact) mass is 429 g/mol. The smallest absolute Gasteiger partial charge is 0.185 e. The average molecular weight is 430 g/mol. The van der Waals surface area contributed by atoms with Crippen molar-refractivity contribution in [3.05, 3.63) is 89.0 Å². The van der Waals surface area contributed by atoms with Gasteiger partial charge in [-0.05, 0) is 73.5 Å². The molecule has 0 saturated carbocycles. The molecule has 0 radical (unpaired) electrons. The molecule has 4 heteroatoms. The summed E-state index contributed by atoms with van der Waals surface area (Å²) >= 11 is 0. The van der Waals surface area contributed by atoms with E-state index in [1.54, 1.807) is 30.3 Å². The van der Waals surface area contributed by atoms with Crippen LogP contribution >= 0.6 is 0 Å². The van der Waals surface area contributed by atoms with Gasteiger partial charge in [-0.1, -0.05) is 35.4 Å². The zero-order valence-electron chi connectivity index (χ0n) is 19.7. The summed E-state index contributed by atoms with van der Waals surface area (Å²) in [7, 11) is 6.41. The zero-order chi connectivity index (χ0) is 23.3. The van der Waals surface area contributed by atoms with Gasteiger partial charge in [-0.15, -0.1) is 0 Å². The summed E-state index contributed by atoms with van der Waals surface area (Å²) in [4.78, 5) is 12.7. The van der Waals surface area contributed by atoms with Crippen LogP contribution in [-0.4, -0.2) is 44.6 Å². The number of likely N-dealkylation sites (N-methyl/N-ethyl adjacent to an activating group) is 1. The number of nitrogen functional groups attached to an aromatic ring is 1. The number of anilines is 1. The molecular formula is C28H33N2O2+. The van der Waals surface area contributed by atoms with Crippen molar-refractivity contribution in [2.45, 2.75) is 13.8 Å². The lowest BCUT2D eigenvalue weighted by atomic mass is 9.98. The van der Waals surface area contributed by atoms with Crippen LogP contribution in [0.5, 0.6) is 5.75 Å². The van der Waals surface area contributed by atoms with Crippen LogP contribution in [-0.2, 0) is 0 Å². The maximum Gasteiger partial charge on any atom is 0.185 e. The summed E-state index contributed by atoms with van der Waals surface area (Å²) in [6.07, 6.45) is 3.44. The fourth-order valence-electron chi connectivity index (χ4n) is 3.47. The van der Waals surface area contributed by atoms with E-state index in [0.29, 0.717) is 17.9 Å². The van der Waals surface area contributed by atoms with Gasteiger partial charge in [0.2, 0.25) is 0 Å². The lowest BCUT2D eigenvalue weighted by Crippen LogP contribution is -2.38. The Morgan fingerprint density at radius 2 is 1.56 bits per heavy atom. The fourth-order valence-corrected chi connectivity index (χ4v) is 3.47. The Morgan fingerprint density at radius 1 is 0.906 bits per heavy atom. The van der Waals surface area contributed by atoms with E-state index in [1.165, 1.54) is 11.1 Å². The molecule has 0 saturated heterocycles. The molecule has 0 spiro atoms. The summed E-state index contributed by atoms with van der Waals surface area (Å²) in [5, 5.41) is 0. The molecule has 0 unspecified atom stereocenters. The van der Waals surface area contributed by atoms with E-state index in [9.17, 15) is 4.79 Å². The second-order valence-corrected chi connectivity index (χ2v) is 9.31. The highest BCUT2D eigenvalue weighted by Gasteiger charge is 2.10. The van der Waals surface area contributed by atoms with Crippen LogP contribution in [0.2, 0.25) is 0 Å². The van der Waals surface area contributed by atoms with Gasteiger partial charge in [0, 0.05) is 16.8 Å². The molecule has 0 aliphatic rings. The summed E-state index contributed by atoms with van der Waals surface area (Å²) in [6.45, 7) is 5.68. The number of rotatable bonds is 8. The van der Waals surface area contributed by atoms with Crippen LogP contribution in [0, 0.1) is 13.8 Å². The van der Waals surface area contributed by atoms with Gasteiger partial charge in [0.1, 0.15) is 18.9 Å². The maximum atomic E-state index is 12.7. The quantitative estimate of drug-likeness (QED) is 0.222. The summed E-state index contributed by atoms with van der Waals surface area (Å²) in [5.41, 5.74) is 12.5. The molecule has 3 rings (SSSR count). The minimum Gasteiger partial charge on any atom is -0.487 e. The van der Waals surface area contributed by atoms with Crippen molar-refractivity contribution in [1.82, 2.24) is 0 Å². The number of hydrogen-bond acceptors (Lipinski definition) is 3. The van der Waals surface area contributed by atoms with Gasteiger partial charge >= 0.3 is 0 Å². The number of carbonyl (C=O) groups is 1. The molecule has 0 aliphatic heterocycles. The molecule has 0 fully saturated rings. The van der Waals surface area contributed by atoms with Crippen LogP contribution in [0.25, 0.3) is 17.2 Å². The number of allylic oxidation sites excluding steroid dienone is 1. The third-order valence-electron chi connectivity index (χ3n) is 5.19. The molecule has 3 aromatic carbocycles. The maximum absolute atomic E-state index is 12.7. The Labute approximate surface area is 191 Å². The van der Waals surface area contributed by atoms with E-state index in [1.807, 2.05) is 12.1 Å². The van der Waals surface area contributed by atoms with E-state index in [-0.39, 0.29) is 5.78 Å². The number of ether oxygens (including phenoxy) is 1. The Morgan fingerprint density at radius 3 is 2.19 bits per heavy atom. The molecule has 2 N–H and O–H groups in total. The largest absolute Gasteiger partial charge is 0.487 e. The number of carbonyl (C=O) groups excluding carboxylic acids is 1. The molecule has 3 aromatic rings. The van der Waals surface area contributed by atoms with E-state index in [4.69, 9.17) is 10.5 Å². The first-order valence-electron chi connectivity index (χ1n) is 10.8. The molecule has 0 aromatic heterocycles. The minimum atomic E-state index is -0.0703. The standard InChI is InChI=1S/C28H32N2O2/c1-20-16-21(2)18-25(17-20)23-9-13-28(32-15-14-30(3,4)5)24(19-23)8-12-27(31)22-6-10-26(29)11-7-22/h6-13,16-19H,14-15H2,1-5H3,(H-,29,31)/p+1/b12-8+. The van der Waals surface area contributed by atoms with Crippen molar-refractivity contribution in [3.8, 4) is 16.9 Å². The Bertz CT molecular complexity index is 1100. The first-order chi connectivity index (χ1) is 15.1. The summed E-state index contributed by atoms with van der Waals surface area (Å²) in [6, 6.07) is 19.6. The highest BCUT2D eigenvalue weighted by Crippen LogP contribution is 2.29. The molecule has 166 valence electrons. The van der Waals surface area contributed by atoms with Crippen molar-refractivity contribution in [1.29, 1.82) is 0 Å². The van der Waals surface area contributed by atoms with Gasteiger partial charge < -0.3 is 15.0 Å². The predicted molar refractivity (Wildman–Crippen MR) is 134 cm³/mol. The first-order valence-corrected chi connectivity index (χ1v) is 10.8. The number of hydrogen-bond donors (Lipinski definition) is 1. The predicted octanol–water partition coefficient (Wildman–Crippen LogP) is 5.53. The Hall–Kier alpha value is -3.37. The van der Waals surface area contributed by atoms with Gasteiger partial charge in [0.25, 0.3) is 0 Å². The number of nitrogens with two attached hydrogens (primary N) is 1. The topological polar surface area (TPSA) is 52.3 Å². The van der Waals surface area contributed by atoms with Crippen LogP contribution in [0.15, 0.2) is 66.7 Å². The molecule has 0 atom stereocenters. The zero-order valence-corrected chi connectivity index (χ0v) is 19.7. The van der Waals surface area contributed by atoms with Crippen LogP contribution < -0.4 is 10.5 Å². The second kappa shape index (κ2) is 9.84. The van der Waals surface area contributed by atoms with Gasteiger partial charge in [-0.3, -0.25) is 4.79 Å². The van der Waals surface area contributed by atoms with Crippen LogP contribution in [0.3, 0.4) is 0 Å². The van der Waals surface area contributed by atoms with Crippen LogP contribution in [0.4, 0.5) is 5.69 Å². The molecular weight excluding hydrogens is 396 g/mol. The van der Waals surface area contributed by atoms with Crippen LogP contribution in [0.1, 0.15) is 27.0 Å². The Balaban J connectivity index is 1.92. The van der Waals surface area contributed by atoms with Gasteiger partial charge in [-0.25, -0.2) is 0 Å². The first kappa shape index (κ1) is 23.3. The number of quaternary nitrogens is 1. The third kappa shape index (κ3) is 6.56. The Kier molecular flexibility index (Phi) is 7.16. The number of aryl methyl sites for hydroxylation is 2. The SMILES string of the molecule is Cc1cc(C)cc(-c2ccc(OCC[N+](C)(C)C)c(/C=C/C(=O)c3ccc(N)cc3)c2)c1. The third-order valence-corrected chi connectivity index (χ3v) is 5.19. The van der Waals surface area contributed by atoms with Crippen molar-refractivity contribution in [2.75, 3.05) is 40.0 Å². The van der Waals surface area contributed by atoms with E-state index in [0.717, 1.165) is 33.5 Å². The normalized spacial score (nSPS) is 11.7. The summed E-state index contributed by atoms with van der Waals surface area (Å²) in [5.74, 6) is 0.701. The lowest BCUT2D eigenvalue weighted by molar-refractivity contribution is -0.870. The van der Waals surface area contributed by atoms with Gasteiger partial charge in [0.15, 0.2) is 5.78 Å². The minimum absolute atomic E-state index is 0.0703. The highest BCUT2D eigenvalue weighted by atomic mass is 16.5. The molecule has 0 bridgehead atoms. The van der Waals surface area contributed by atoms with Gasteiger partial charge in [-0.2, -0.15) is 0 Å². The number of benzene rings is 3. The molecule has 32 heavy (non-hydrogen) atoms. The number of ketones is 1. The van der Waals surface area contributed by atoms with Gasteiger partial charge in [0.05, 0.1) is 21.1 Å². The van der Waals surface area contributed by atoms with E-state index in [2.05, 4.69) is 65.3 Å². The number of nitrogens with zero attached hydrogens (tertiary/aromatic N) is 1. The van der Waals surface area contributed by atoms with Crippen molar-refractivity contribution < 1.29 is 14.0 Å². The molecule has 0 heterocycles.